The zero-order valence-corrected chi connectivity index (χ0v) is 94.7. The Balaban J connectivity index is 0.000000257. The van der Waals surface area contributed by atoms with Gasteiger partial charge in [0.1, 0.15) is 17.3 Å². The number of aromatic nitrogens is 3. The van der Waals surface area contributed by atoms with Gasteiger partial charge in [-0.05, 0) is 97.1 Å². The first-order valence-electron chi connectivity index (χ1n) is 45.8. The normalized spacial score (nSPS) is 12.3. The molecule has 0 aliphatic carbocycles. The number of aliphatic hydroxyl groups excluding tert-OH is 3. The zero-order valence-electron chi connectivity index (χ0n) is 84.5. The van der Waals surface area contributed by atoms with Crippen molar-refractivity contribution in [2.45, 2.75) is 210 Å². The van der Waals surface area contributed by atoms with Crippen molar-refractivity contribution >= 4 is 101 Å². The fourth-order valence-corrected chi connectivity index (χ4v) is 18.1. The summed E-state index contributed by atoms with van der Waals surface area (Å²) >= 11 is 0. The number of carbonyl (C=O) groups excluding carboxylic acids is 3. The number of allylic oxidation sites excluding steroid dienone is 6. The van der Waals surface area contributed by atoms with E-state index >= 15 is 0 Å². The van der Waals surface area contributed by atoms with Crippen LogP contribution in [0.15, 0.2) is 296 Å². The van der Waals surface area contributed by atoms with Gasteiger partial charge in [0.2, 0.25) is 0 Å². The first-order chi connectivity index (χ1) is 60.9. The van der Waals surface area contributed by atoms with E-state index in [0.717, 1.165) is 55.9 Å². The molecule has 0 fully saturated rings. The van der Waals surface area contributed by atoms with E-state index in [4.69, 9.17) is 15.0 Å². The minimum absolute atomic E-state index is 0. The molecule has 709 valence electrons. The molecule has 0 aliphatic heterocycles. The summed E-state index contributed by atoms with van der Waals surface area (Å²) in [5.41, 5.74) is 19.5. The molecule has 11 aromatic carbocycles. The number of fused-ring (bicyclic) bond motifs is 4. The average Bonchev–Trinajstić information content (AvgIpc) is 0.755. The molecule has 3 N–H and O–H groups in total. The Morgan fingerprint density at radius 2 is 0.784 bits per heavy atom. The number of nitrogens with zero attached hydrogens (tertiary/aromatic N) is 3. The monoisotopic (exact) mass is 2370 g/mol. The van der Waals surface area contributed by atoms with Crippen LogP contribution in [0.1, 0.15) is 156 Å². The zero-order chi connectivity index (χ0) is 96.9. The number of hydrogen-bond donors (Lipinski definition) is 3. The van der Waals surface area contributed by atoms with Crippen LogP contribution in [0.25, 0.3) is 122 Å². The maximum atomic E-state index is 11.5. The molecule has 0 aliphatic rings. The Labute approximate surface area is 845 Å². The minimum Gasteiger partial charge on any atom is -0.512 e. The molecule has 0 saturated heterocycles. The molecule has 0 atom stereocenters. The summed E-state index contributed by atoms with van der Waals surface area (Å²) in [5, 5.41) is 39.1. The van der Waals surface area contributed by atoms with Gasteiger partial charge in [0.25, 0.3) is 0 Å². The summed E-state index contributed by atoms with van der Waals surface area (Å²) in [6, 6.07) is 103. The minimum atomic E-state index is -1.61. The van der Waals surface area contributed by atoms with Crippen LogP contribution in [-0.2, 0) is 74.7 Å². The number of aliphatic hydroxyl groups is 3. The van der Waals surface area contributed by atoms with Crippen molar-refractivity contribution in [3.05, 3.63) is 326 Å². The summed E-state index contributed by atoms with van der Waals surface area (Å²) in [4.78, 5) is 49.8. The van der Waals surface area contributed by atoms with E-state index in [1.54, 1.807) is 0 Å². The quantitative estimate of drug-likeness (QED) is 0.0418. The van der Waals surface area contributed by atoms with Crippen LogP contribution < -0.4 is 15.6 Å². The molecule has 3 radical (unpaired) electrons. The van der Waals surface area contributed by atoms with Crippen molar-refractivity contribution < 1.29 is 90.0 Å². The number of hydrogen-bond acceptors (Lipinski definition) is 9. The van der Waals surface area contributed by atoms with Crippen LogP contribution in [-0.4, -0.2) is 71.8 Å². The second-order valence-electron chi connectivity index (χ2n) is 43.9. The Bertz CT molecular complexity index is 6320. The molecule has 3 aromatic heterocycles. The van der Waals surface area contributed by atoms with E-state index in [9.17, 15) is 29.7 Å². The third-order valence-electron chi connectivity index (χ3n) is 22.7. The molecule has 134 heavy (non-hydrogen) atoms. The second-order valence-corrected chi connectivity index (χ2v) is 59.0. The maximum absolute atomic E-state index is 11.5. The van der Waals surface area contributed by atoms with Gasteiger partial charge in [-0.15, -0.1) is 99.4 Å². The summed E-state index contributed by atoms with van der Waals surface area (Å²) in [7, 11) is -4.72. The first kappa shape index (κ1) is 113. The molecule has 14 aromatic rings. The number of carbonyl (C=O) groups is 3. The largest absolute Gasteiger partial charge is 0.512 e. The number of rotatable bonds is 14. The van der Waals surface area contributed by atoms with Crippen LogP contribution in [0, 0.1) is 57.6 Å². The second kappa shape index (κ2) is 46.8. The van der Waals surface area contributed by atoms with Gasteiger partial charge in [0.15, 0.2) is 17.3 Å². The van der Waals surface area contributed by atoms with Crippen molar-refractivity contribution in [3.8, 4) is 78.3 Å². The SMILES string of the molecule is CC(C)(C)C(=O)C=C(O)C(C)(C)C.CC(C)(C)C(=O)C=C(O)C(C)(C)C.CC(C)(C)C(=O)C=C(O)C(C)(C)C.CC(C)c1c[c-]c(-c2nc3ccc(-c4ccccc4)cc3cc2[Si](C)(C)C)cc1.C[Si](C)(C)c1cc(-c2[c-]ccc3ccccc23)nc2ccc(-c3ccccc3)cc12.Cc1[c-]c(-c2ccc3c(-c4ccccc4)cc([Si](C)(C)C)cc3n2)cc(-c2ccccc2)c1.[Ir].[Ir].[Ir]. The Morgan fingerprint density at radius 3 is 1.22 bits per heavy atom. The van der Waals surface area contributed by atoms with Crippen molar-refractivity contribution in [3.63, 3.8) is 0 Å². The van der Waals surface area contributed by atoms with Crippen LogP contribution >= 0.6 is 0 Å². The Kier molecular flexibility index (Phi) is 39.4. The Hall–Kier alpha value is -9.86. The van der Waals surface area contributed by atoms with Gasteiger partial charge in [-0.25, -0.2) is 0 Å². The number of pyridine rings is 3. The molecule has 0 saturated carbocycles. The summed E-state index contributed by atoms with van der Waals surface area (Å²) < 4.78 is 0. The van der Waals surface area contributed by atoms with Gasteiger partial charge in [-0.2, -0.15) is 0 Å². The molecule has 0 spiro atoms. The summed E-state index contributed by atoms with van der Waals surface area (Å²) in [6.07, 6.45) is 4.00. The molecule has 14 rings (SSSR count). The van der Waals surface area contributed by atoms with Gasteiger partial charge in [0.05, 0.1) is 40.8 Å². The Morgan fingerprint density at radius 1 is 0.343 bits per heavy atom. The smallest absolute Gasteiger partial charge is 0.164 e. The molecular formula is C119H140Ir3N3O6Si3-3. The van der Waals surface area contributed by atoms with Crippen LogP contribution in [0.2, 0.25) is 58.9 Å². The van der Waals surface area contributed by atoms with E-state index in [2.05, 4.69) is 353 Å². The van der Waals surface area contributed by atoms with Crippen LogP contribution in [0.4, 0.5) is 0 Å². The molecule has 0 amide bonds. The van der Waals surface area contributed by atoms with Gasteiger partial charge >= 0.3 is 0 Å². The van der Waals surface area contributed by atoms with Crippen molar-refractivity contribution in [2.24, 2.45) is 32.5 Å². The molecule has 15 heteroatoms. The topological polar surface area (TPSA) is 151 Å². The van der Waals surface area contributed by atoms with Gasteiger partial charge in [-0.1, -0.05) is 419 Å². The fourth-order valence-electron chi connectivity index (χ4n) is 13.9. The maximum Gasteiger partial charge on any atom is 0.164 e. The molecular weight excluding hydrogens is 2230 g/mol. The van der Waals surface area contributed by atoms with Crippen molar-refractivity contribution in [2.75, 3.05) is 0 Å². The van der Waals surface area contributed by atoms with E-state index < -0.39 is 40.5 Å². The molecule has 9 nitrogen and oxygen atoms in total. The van der Waals surface area contributed by atoms with Gasteiger partial charge < -0.3 is 15.3 Å². The molecule has 0 unspecified atom stereocenters. The first-order valence-corrected chi connectivity index (χ1v) is 56.3. The summed E-state index contributed by atoms with van der Waals surface area (Å²) in [6.45, 7) is 61.5. The van der Waals surface area contributed by atoms with E-state index in [-0.39, 0.29) is 111 Å². The summed E-state index contributed by atoms with van der Waals surface area (Å²) in [5.74, 6) is 0.824. The molecule has 3 heterocycles. The van der Waals surface area contributed by atoms with Crippen molar-refractivity contribution in [1.29, 1.82) is 0 Å². The van der Waals surface area contributed by atoms with Crippen LogP contribution in [0.3, 0.4) is 0 Å². The predicted molar refractivity (Wildman–Crippen MR) is 569 cm³/mol. The third kappa shape index (κ3) is 31.6. The number of benzene rings is 11. The molecule has 0 bridgehead atoms. The standard InChI is InChI=1S/C31H28NSi.C28H24NSi.C27H28NSi.3C11H20O2.3Ir/c1-22-17-25(23-11-7-5-8-12-23)19-26(18-22)30-16-15-28-29(24-13-9-6-10-14-24)20-27(33(2,3)4)21-31(28)32-30;1-30(2,3)28-19-27(24-15-9-13-21-12-7-8-14-23(21)24)29-26-17-16-22(18-25(26)28)20-10-5-4-6-11-20;1-19(2)20-11-13-22(14-12-20)27-26(29(3,4)5)18-24-17-23(15-16-25(24)28-27)21-9-7-6-8-10-21;3*1-10(2,3)8(12)7-9(13)11(4,5)6;;;/h5-17,19-21H,1-4H3;4-14,16-19H,1-3H3;6-13,15-19H,1-5H3;3*7,12H,1-6H3;;;/q3*-1;;;;;;. The van der Waals surface area contributed by atoms with Crippen molar-refractivity contribution in [1.82, 2.24) is 15.0 Å². The van der Waals surface area contributed by atoms with Gasteiger partial charge in [-0.3, -0.25) is 29.3 Å². The van der Waals surface area contributed by atoms with Crippen LogP contribution in [0.5, 0.6) is 0 Å². The van der Waals surface area contributed by atoms with Gasteiger partial charge in [0, 0.05) is 116 Å². The van der Waals surface area contributed by atoms with E-state index in [1.807, 2.05) is 131 Å². The average molecular weight is 2370 g/mol. The predicted octanol–water partition coefficient (Wildman–Crippen LogP) is 31.3. The van der Waals surface area contributed by atoms with E-state index in [1.165, 1.54) is 111 Å². The number of aryl methyl sites for hydroxylation is 1. The van der Waals surface area contributed by atoms with E-state index in [0.29, 0.717) is 5.92 Å². The third-order valence-corrected chi connectivity index (χ3v) is 28.7. The fraction of sp³-hybridized carbons (Fsp3) is 0.311. The number of ketones is 3.